The van der Waals surface area contributed by atoms with Crippen LogP contribution in [-0.2, 0) is 9.47 Å². The van der Waals surface area contributed by atoms with E-state index in [1.807, 2.05) is 0 Å². The van der Waals surface area contributed by atoms with Gasteiger partial charge in [-0.15, -0.1) is 11.6 Å². The molecule has 2 saturated carbocycles. The van der Waals surface area contributed by atoms with Gasteiger partial charge in [-0.3, -0.25) is 0 Å². The van der Waals surface area contributed by atoms with Gasteiger partial charge in [0.1, 0.15) is 16.1 Å². The molecule has 0 aromatic heterocycles. The second-order valence-corrected chi connectivity index (χ2v) is 8.74. The number of fused-ring (bicyclic) bond motifs is 3. The van der Waals surface area contributed by atoms with Crippen molar-refractivity contribution in [2.45, 2.75) is 43.7 Å². The third-order valence-electron chi connectivity index (χ3n) is 4.89. The van der Waals surface area contributed by atoms with E-state index in [2.05, 4.69) is 0 Å². The van der Waals surface area contributed by atoms with E-state index in [1.54, 1.807) is 6.08 Å². The Hall–Kier alpha value is 1.07. The third kappa shape index (κ3) is 1.27. The number of aliphatic hydroxyl groups is 1. The molecule has 3 nitrogen and oxygen atoms in total. The summed E-state index contributed by atoms with van der Waals surface area (Å²) in [6.45, 7) is 0. The van der Waals surface area contributed by atoms with E-state index < -0.39 is 30.8 Å². The summed E-state index contributed by atoms with van der Waals surface area (Å²) in [4.78, 5) is -1.60. The van der Waals surface area contributed by atoms with Crippen LogP contribution in [0.3, 0.4) is 0 Å². The Labute approximate surface area is 142 Å². The summed E-state index contributed by atoms with van der Waals surface area (Å²) < 4.78 is 7.77. The van der Waals surface area contributed by atoms with Gasteiger partial charge in [-0.25, -0.2) is 0 Å². The molecule has 3 rings (SSSR count). The standard InChI is InChI=1S/C12H13Cl5O3/c1-19-8-5-9(8,20-2)12(16,17)10(13)6(8)3-4-7(18)11(10,14)15/h3,7,18H,4-5H2,1-2H3. The summed E-state index contributed by atoms with van der Waals surface area (Å²) >= 11 is 32.5. The summed E-state index contributed by atoms with van der Waals surface area (Å²) in [5.41, 5.74) is -1.32. The largest absolute Gasteiger partial charge is 0.390 e. The number of alkyl halides is 5. The molecule has 3 aliphatic rings. The molecule has 114 valence electrons. The minimum Gasteiger partial charge on any atom is -0.390 e. The average molecular weight is 382 g/mol. The van der Waals surface area contributed by atoms with Crippen molar-refractivity contribution in [2.75, 3.05) is 14.2 Å². The van der Waals surface area contributed by atoms with Crippen LogP contribution in [0, 0.1) is 0 Å². The smallest absolute Gasteiger partial charge is 0.176 e. The molecule has 8 heteroatoms. The summed E-state index contributed by atoms with van der Waals surface area (Å²) in [5, 5.41) is 10.1. The van der Waals surface area contributed by atoms with E-state index in [0.29, 0.717) is 12.0 Å². The first kappa shape index (κ1) is 15.9. The number of aliphatic hydroxyl groups excluding tert-OH is 1. The molecule has 4 atom stereocenters. The monoisotopic (exact) mass is 380 g/mol. The van der Waals surface area contributed by atoms with Crippen LogP contribution >= 0.6 is 58.0 Å². The van der Waals surface area contributed by atoms with E-state index in [1.165, 1.54) is 14.2 Å². The van der Waals surface area contributed by atoms with Crippen molar-refractivity contribution >= 4 is 58.0 Å². The van der Waals surface area contributed by atoms with E-state index in [4.69, 9.17) is 67.5 Å². The van der Waals surface area contributed by atoms with Gasteiger partial charge in [0.05, 0.1) is 6.10 Å². The van der Waals surface area contributed by atoms with E-state index in [-0.39, 0.29) is 6.42 Å². The highest BCUT2D eigenvalue weighted by Gasteiger charge is 2.95. The number of hydrogen-bond acceptors (Lipinski definition) is 3. The first-order valence-corrected chi connectivity index (χ1v) is 7.92. The zero-order valence-electron chi connectivity index (χ0n) is 10.7. The Morgan fingerprint density at radius 3 is 2.25 bits per heavy atom. The summed E-state index contributed by atoms with van der Waals surface area (Å²) in [7, 11) is 3.02. The van der Waals surface area contributed by atoms with Gasteiger partial charge in [0.25, 0.3) is 0 Å². The molecule has 0 aliphatic heterocycles. The highest BCUT2D eigenvalue weighted by Crippen LogP contribution is 2.82. The Balaban J connectivity index is 2.28. The lowest BCUT2D eigenvalue weighted by Crippen LogP contribution is -2.63. The predicted molar refractivity (Wildman–Crippen MR) is 80.3 cm³/mol. The van der Waals surface area contributed by atoms with Crippen molar-refractivity contribution in [1.29, 1.82) is 0 Å². The van der Waals surface area contributed by atoms with Crippen molar-refractivity contribution in [3.63, 3.8) is 0 Å². The van der Waals surface area contributed by atoms with Crippen molar-refractivity contribution in [1.82, 2.24) is 0 Å². The molecule has 20 heavy (non-hydrogen) atoms. The Morgan fingerprint density at radius 2 is 1.75 bits per heavy atom. The Kier molecular flexibility index (Phi) is 3.29. The third-order valence-corrected chi connectivity index (χ3v) is 8.31. The minimum absolute atomic E-state index is 0.242. The van der Waals surface area contributed by atoms with Gasteiger partial charge in [-0.05, 0) is 12.0 Å². The molecule has 0 heterocycles. The molecule has 0 aromatic rings. The van der Waals surface area contributed by atoms with Crippen LogP contribution < -0.4 is 0 Å². The zero-order chi connectivity index (χ0) is 15.2. The van der Waals surface area contributed by atoms with Gasteiger partial charge < -0.3 is 14.6 Å². The number of hydrogen-bond donors (Lipinski definition) is 1. The molecular formula is C12H13Cl5O3. The number of rotatable bonds is 2. The highest BCUT2D eigenvalue weighted by molar-refractivity contribution is 6.63. The Bertz CT molecular complexity index is 507. The molecule has 3 aliphatic carbocycles. The molecule has 1 N–H and O–H groups in total. The van der Waals surface area contributed by atoms with Crippen molar-refractivity contribution in [3.8, 4) is 0 Å². The van der Waals surface area contributed by atoms with Gasteiger partial charge >= 0.3 is 0 Å². The van der Waals surface area contributed by atoms with Crippen LogP contribution in [-0.4, -0.2) is 50.2 Å². The first-order chi connectivity index (χ1) is 9.09. The lowest BCUT2D eigenvalue weighted by atomic mass is 9.81. The second-order valence-electron chi connectivity index (χ2n) is 5.46. The van der Waals surface area contributed by atoms with Gasteiger partial charge in [-0.1, -0.05) is 52.5 Å². The van der Waals surface area contributed by atoms with Gasteiger partial charge in [0.15, 0.2) is 8.67 Å². The van der Waals surface area contributed by atoms with Crippen LogP contribution in [0.2, 0.25) is 0 Å². The Morgan fingerprint density at radius 1 is 1.15 bits per heavy atom. The highest BCUT2D eigenvalue weighted by atomic mass is 35.5. The molecule has 0 saturated heterocycles. The fourth-order valence-corrected chi connectivity index (χ4v) is 6.19. The molecule has 0 radical (unpaired) electrons. The van der Waals surface area contributed by atoms with Gasteiger partial charge in [0.2, 0.25) is 0 Å². The van der Waals surface area contributed by atoms with E-state index in [0.717, 1.165) is 0 Å². The lowest BCUT2D eigenvalue weighted by Gasteiger charge is -2.49. The van der Waals surface area contributed by atoms with Crippen molar-refractivity contribution in [3.05, 3.63) is 11.6 Å². The average Bonchev–Trinajstić information content (AvgIpc) is 3.04. The SMILES string of the molecule is COC12CC1(OC)C(Cl)(Cl)C1(Cl)C2=CCC(O)C1(Cl)Cl. The summed E-state index contributed by atoms with van der Waals surface area (Å²) in [5.74, 6) is 0. The van der Waals surface area contributed by atoms with E-state index >= 15 is 0 Å². The second kappa shape index (κ2) is 4.12. The van der Waals surface area contributed by atoms with Crippen molar-refractivity contribution < 1.29 is 14.6 Å². The molecule has 0 aromatic carbocycles. The first-order valence-electron chi connectivity index (χ1n) is 6.03. The van der Waals surface area contributed by atoms with Crippen LogP contribution in [0.15, 0.2) is 11.6 Å². The quantitative estimate of drug-likeness (QED) is 0.589. The molecule has 0 bridgehead atoms. The zero-order valence-corrected chi connectivity index (χ0v) is 14.5. The number of methoxy groups -OCH3 is 2. The molecule has 2 fully saturated rings. The van der Waals surface area contributed by atoms with Crippen LogP contribution in [0.5, 0.6) is 0 Å². The minimum atomic E-state index is -1.76. The maximum absolute atomic E-state index is 10.1. The summed E-state index contributed by atoms with van der Waals surface area (Å²) in [6, 6.07) is 0. The summed E-state index contributed by atoms with van der Waals surface area (Å²) in [6.07, 6.45) is 1.35. The molecular weight excluding hydrogens is 369 g/mol. The van der Waals surface area contributed by atoms with Gasteiger partial charge in [0, 0.05) is 20.6 Å². The normalized spacial score (nSPS) is 51.2. The molecule has 4 unspecified atom stereocenters. The maximum Gasteiger partial charge on any atom is 0.176 e. The topological polar surface area (TPSA) is 38.7 Å². The fraction of sp³-hybridized carbons (Fsp3) is 0.833. The number of ether oxygens (including phenoxy) is 2. The predicted octanol–water partition coefficient (Wildman–Crippen LogP) is 3.19. The van der Waals surface area contributed by atoms with Gasteiger partial charge in [-0.2, -0.15) is 0 Å². The van der Waals surface area contributed by atoms with Crippen LogP contribution in [0.4, 0.5) is 0 Å². The molecule has 0 spiro atoms. The van der Waals surface area contributed by atoms with Crippen molar-refractivity contribution in [2.24, 2.45) is 0 Å². The lowest BCUT2D eigenvalue weighted by molar-refractivity contribution is -0.00726. The maximum atomic E-state index is 10.1. The van der Waals surface area contributed by atoms with Crippen LogP contribution in [0.1, 0.15) is 12.8 Å². The van der Waals surface area contributed by atoms with Crippen LogP contribution in [0.25, 0.3) is 0 Å². The molecule has 0 amide bonds. The van der Waals surface area contributed by atoms with E-state index in [9.17, 15) is 5.11 Å². The fourth-order valence-electron chi connectivity index (χ4n) is 3.72. The number of halogens is 5.